The third-order valence-electron chi connectivity index (χ3n) is 5.57. The van der Waals surface area contributed by atoms with Crippen LogP contribution in [0.1, 0.15) is 57.2 Å². The summed E-state index contributed by atoms with van der Waals surface area (Å²) in [5.74, 6) is -2.90. The number of aromatic nitrogens is 3. The fraction of sp³-hybridized carbons (Fsp3) is 0.250. The van der Waals surface area contributed by atoms with Crippen LogP contribution in [-0.4, -0.2) is 32.1 Å². The molecule has 0 aliphatic carbocycles. The number of nitrogens with zero attached hydrogens (tertiary/aromatic N) is 4. The van der Waals surface area contributed by atoms with Crippen molar-refractivity contribution in [1.82, 2.24) is 19.9 Å². The smallest absolute Gasteiger partial charge is 0.293 e. The normalized spacial score (nSPS) is 11.0. The van der Waals surface area contributed by atoms with Gasteiger partial charge in [-0.05, 0) is 57.5 Å². The lowest BCUT2D eigenvalue weighted by molar-refractivity contribution is -0.118. The minimum Gasteiger partial charge on any atom is -0.343 e. The first-order chi connectivity index (χ1) is 16.0. The minimum atomic E-state index is -0.937. The van der Waals surface area contributed by atoms with Crippen molar-refractivity contribution in [2.45, 2.75) is 33.2 Å². The van der Waals surface area contributed by atoms with Crippen molar-refractivity contribution >= 4 is 23.3 Å². The summed E-state index contributed by atoms with van der Waals surface area (Å²) in [5.41, 5.74) is 0.621. The Morgan fingerprint density at radius 2 is 1.88 bits per heavy atom. The number of nitrogens with one attached hydrogen (secondary N) is 2. The van der Waals surface area contributed by atoms with Crippen molar-refractivity contribution in [1.29, 1.82) is 5.26 Å². The summed E-state index contributed by atoms with van der Waals surface area (Å²) in [7, 11) is 1.60. The molecule has 2 N–H and O–H groups in total. The first kappa shape index (κ1) is 24.3. The quantitative estimate of drug-likeness (QED) is 0.428. The van der Waals surface area contributed by atoms with Crippen molar-refractivity contribution in [3.8, 4) is 6.07 Å². The molecular formula is C24H23FN6O3. The number of hydrogen-bond donors (Lipinski definition) is 2. The number of ketones is 1. The van der Waals surface area contributed by atoms with Crippen LogP contribution < -0.4 is 10.6 Å². The van der Waals surface area contributed by atoms with E-state index in [0.29, 0.717) is 17.0 Å². The molecule has 2 aromatic heterocycles. The summed E-state index contributed by atoms with van der Waals surface area (Å²) in [6, 6.07) is 6.97. The van der Waals surface area contributed by atoms with E-state index in [0.717, 1.165) is 6.07 Å². The highest BCUT2D eigenvalue weighted by molar-refractivity contribution is 6.43. The number of carbonyl (C=O) groups is 3. The molecule has 174 valence electrons. The van der Waals surface area contributed by atoms with Crippen molar-refractivity contribution in [3.05, 3.63) is 76.4 Å². The molecule has 0 bridgehead atoms. The van der Waals surface area contributed by atoms with Crippen LogP contribution in [0.2, 0.25) is 0 Å². The fourth-order valence-corrected chi connectivity index (χ4v) is 3.69. The monoisotopic (exact) mass is 462 g/mol. The minimum absolute atomic E-state index is 0.112. The van der Waals surface area contributed by atoms with Crippen LogP contribution in [0.3, 0.4) is 0 Å². The second kappa shape index (κ2) is 9.23. The molecule has 0 atom stereocenters. The van der Waals surface area contributed by atoms with Gasteiger partial charge in [0.25, 0.3) is 17.6 Å². The molecule has 1 aromatic carbocycles. The molecule has 34 heavy (non-hydrogen) atoms. The van der Waals surface area contributed by atoms with Crippen molar-refractivity contribution < 1.29 is 18.8 Å². The lowest BCUT2D eigenvalue weighted by Crippen LogP contribution is -2.45. The molecule has 10 heteroatoms. The van der Waals surface area contributed by atoms with Gasteiger partial charge in [0.1, 0.15) is 23.9 Å². The molecule has 2 amide bonds. The second-order valence-corrected chi connectivity index (χ2v) is 8.26. The molecule has 0 aliphatic heterocycles. The Balaban J connectivity index is 1.88. The summed E-state index contributed by atoms with van der Waals surface area (Å²) in [4.78, 5) is 46.9. The molecule has 3 rings (SSSR count). The largest absolute Gasteiger partial charge is 0.343 e. The number of halogens is 1. The number of carbonyl (C=O) groups excluding carboxylic acids is 3. The van der Waals surface area contributed by atoms with E-state index in [1.165, 1.54) is 29.2 Å². The van der Waals surface area contributed by atoms with Gasteiger partial charge in [0.2, 0.25) is 0 Å². The van der Waals surface area contributed by atoms with E-state index in [9.17, 15) is 18.8 Å². The number of hydrogen-bond acceptors (Lipinski definition) is 6. The topological polar surface area (TPSA) is 130 Å². The van der Waals surface area contributed by atoms with Gasteiger partial charge in [0.15, 0.2) is 0 Å². The van der Waals surface area contributed by atoms with Crippen molar-refractivity contribution in [3.63, 3.8) is 0 Å². The second-order valence-electron chi connectivity index (χ2n) is 8.26. The summed E-state index contributed by atoms with van der Waals surface area (Å²) in [6.07, 6.45) is 2.89. The molecule has 0 fully saturated rings. The van der Waals surface area contributed by atoms with Crippen LogP contribution in [0.15, 0.2) is 36.8 Å². The van der Waals surface area contributed by atoms with Crippen molar-refractivity contribution in [2.24, 2.45) is 7.05 Å². The number of Topliss-reactive ketones (excluding diaryl/α,β-unsaturated/α-hetero) is 1. The van der Waals surface area contributed by atoms with Gasteiger partial charge in [0.05, 0.1) is 22.4 Å². The highest BCUT2D eigenvalue weighted by atomic mass is 19.1. The molecular weight excluding hydrogens is 439 g/mol. The van der Waals surface area contributed by atoms with Gasteiger partial charge >= 0.3 is 0 Å². The van der Waals surface area contributed by atoms with Crippen LogP contribution >= 0.6 is 0 Å². The maximum absolute atomic E-state index is 13.6. The van der Waals surface area contributed by atoms with Crippen LogP contribution in [0, 0.1) is 31.0 Å². The predicted molar refractivity (Wildman–Crippen MR) is 121 cm³/mol. The SMILES string of the molecule is Cc1c(C(=O)C(=O)NC(C)(C)c2ccncn2)c(C)n(C)c1C(=O)Nc1ccc(F)c(C#N)c1. The lowest BCUT2D eigenvalue weighted by Gasteiger charge is -2.25. The van der Waals surface area contributed by atoms with Gasteiger partial charge in [-0.25, -0.2) is 14.4 Å². The highest BCUT2D eigenvalue weighted by Gasteiger charge is 2.32. The average molecular weight is 462 g/mol. The summed E-state index contributed by atoms with van der Waals surface area (Å²) in [5, 5.41) is 14.3. The Labute approximate surface area is 195 Å². The van der Waals surface area contributed by atoms with Gasteiger partial charge in [-0.1, -0.05) is 0 Å². The zero-order valence-corrected chi connectivity index (χ0v) is 19.4. The molecule has 3 aromatic rings. The number of anilines is 1. The first-order valence-corrected chi connectivity index (χ1v) is 10.3. The van der Waals surface area contributed by atoms with E-state index >= 15 is 0 Å². The molecule has 0 saturated heterocycles. The number of benzene rings is 1. The van der Waals surface area contributed by atoms with Gasteiger partial charge in [0, 0.05) is 24.6 Å². The van der Waals surface area contributed by atoms with E-state index in [-0.39, 0.29) is 22.5 Å². The van der Waals surface area contributed by atoms with Gasteiger partial charge in [-0.2, -0.15) is 5.26 Å². The van der Waals surface area contributed by atoms with E-state index < -0.39 is 29.0 Å². The molecule has 9 nitrogen and oxygen atoms in total. The zero-order valence-electron chi connectivity index (χ0n) is 19.4. The van der Waals surface area contributed by atoms with E-state index in [1.807, 2.05) is 0 Å². The van der Waals surface area contributed by atoms with Gasteiger partial charge < -0.3 is 15.2 Å². The number of rotatable bonds is 6. The fourth-order valence-electron chi connectivity index (χ4n) is 3.69. The Bertz CT molecular complexity index is 1340. The Morgan fingerprint density at radius 3 is 2.50 bits per heavy atom. The molecule has 0 saturated carbocycles. The zero-order chi connectivity index (χ0) is 25.2. The summed E-state index contributed by atoms with van der Waals surface area (Å²) < 4.78 is 15.1. The molecule has 0 unspecified atom stereocenters. The Kier molecular flexibility index (Phi) is 6.58. The highest BCUT2D eigenvalue weighted by Crippen LogP contribution is 2.24. The molecule has 2 heterocycles. The van der Waals surface area contributed by atoms with Crippen LogP contribution in [0.4, 0.5) is 10.1 Å². The standard InChI is InChI=1S/C24H23FN6O3/c1-13-19(21(32)23(34)30-24(3,4)18-8-9-27-12-28-18)14(2)31(5)20(13)22(33)29-16-6-7-17(25)15(10-16)11-26/h6-10,12H,1-5H3,(H,29,33)(H,30,34). The predicted octanol–water partition coefficient (Wildman–Crippen LogP) is 2.93. The Hall–Kier alpha value is -4.39. The summed E-state index contributed by atoms with van der Waals surface area (Å²) in [6.45, 7) is 6.62. The van der Waals surface area contributed by atoms with Crippen molar-refractivity contribution in [2.75, 3.05) is 5.32 Å². The van der Waals surface area contributed by atoms with Crippen LogP contribution in [0.5, 0.6) is 0 Å². The van der Waals surface area contributed by atoms with E-state index in [2.05, 4.69) is 20.6 Å². The molecule has 0 aliphatic rings. The van der Waals surface area contributed by atoms with Crippen LogP contribution in [0.25, 0.3) is 0 Å². The van der Waals surface area contributed by atoms with E-state index in [1.54, 1.807) is 46.9 Å². The Morgan fingerprint density at radius 1 is 1.18 bits per heavy atom. The number of amides is 2. The third kappa shape index (κ3) is 4.54. The summed E-state index contributed by atoms with van der Waals surface area (Å²) >= 11 is 0. The maximum Gasteiger partial charge on any atom is 0.293 e. The maximum atomic E-state index is 13.6. The molecule has 0 spiro atoms. The van der Waals surface area contributed by atoms with E-state index in [4.69, 9.17) is 5.26 Å². The lowest BCUT2D eigenvalue weighted by atomic mass is 9.98. The average Bonchev–Trinajstić information content (AvgIpc) is 3.02. The van der Waals surface area contributed by atoms with Gasteiger partial charge in [-0.3, -0.25) is 14.4 Å². The van der Waals surface area contributed by atoms with Crippen LogP contribution in [-0.2, 0) is 17.4 Å². The third-order valence-corrected chi connectivity index (χ3v) is 5.57. The number of nitriles is 1. The molecule has 0 radical (unpaired) electrons. The van der Waals surface area contributed by atoms with Gasteiger partial charge in [-0.15, -0.1) is 0 Å². The first-order valence-electron chi connectivity index (χ1n) is 10.3.